The second-order valence-corrected chi connectivity index (χ2v) is 9.71. The minimum Gasteiger partial charge on any atom is -0.481 e. The molecule has 35 heavy (non-hydrogen) atoms. The molecule has 0 spiro atoms. The van der Waals surface area contributed by atoms with Gasteiger partial charge in [-0.3, -0.25) is 9.59 Å². The summed E-state index contributed by atoms with van der Waals surface area (Å²) in [7, 11) is 5.31. The maximum Gasteiger partial charge on any atom is 0.303 e. The Hall–Kier alpha value is -1.16. The highest BCUT2D eigenvalue weighted by Crippen LogP contribution is 2.25. The molecule has 1 amide bonds. The van der Waals surface area contributed by atoms with Crippen LogP contribution in [-0.4, -0.2) is 83.1 Å². The van der Waals surface area contributed by atoms with Gasteiger partial charge in [-0.05, 0) is 19.3 Å². The molecule has 0 radical (unpaired) electrons. The number of carboxylic acids is 1. The van der Waals surface area contributed by atoms with Crippen molar-refractivity contribution in [2.45, 2.75) is 121 Å². The minimum absolute atomic E-state index is 0.0449. The number of carboxylic acid groups (broad SMARTS) is 1. The van der Waals surface area contributed by atoms with Crippen LogP contribution in [0, 0.1) is 0 Å². The molecule has 0 aromatic heterocycles. The fraction of sp³-hybridized carbons (Fsp3) is 0.923. The summed E-state index contributed by atoms with van der Waals surface area (Å²) in [4.78, 5) is 22.5. The van der Waals surface area contributed by atoms with Crippen molar-refractivity contribution in [3.63, 3.8) is 0 Å². The van der Waals surface area contributed by atoms with Gasteiger partial charge in [0.05, 0.1) is 12.6 Å². The van der Waals surface area contributed by atoms with Crippen molar-refractivity contribution in [1.82, 2.24) is 5.32 Å². The van der Waals surface area contributed by atoms with Crippen molar-refractivity contribution >= 4 is 19.7 Å². The van der Waals surface area contributed by atoms with Crippen molar-refractivity contribution in [2.75, 3.05) is 34.0 Å². The Morgan fingerprint density at radius 1 is 0.829 bits per heavy atom. The van der Waals surface area contributed by atoms with Crippen molar-refractivity contribution in [1.29, 1.82) is 0 Å². The van der Waals surface area contributed by atoms with Crippen molar-refractivity contribution < 1.29 is 33.6 Å². The van der Waals surface area contributed by atoms with Crippen LogP contribution >= 0.6 is 0 Å². The van der Waals surface area contributed by atoms with Crippen molar-refractivity contribution in [3.8, 4) is 0 Å². The maximum atomic E-state index is 12.0. The first-order chi connectivity index (χ1) is 17.0. The molecule has 2 N–H and O–H groups in total. The predicted molar refractivity (Wildman–Crippen MR) is 140 cm³/mol. The van der Waals surface area contributed by atoms with Crippen molar-refractivity contribution in [3.05, 3.63) is 0 Å². The summed E-state index contributed by atoms with van der Waals surface area (Å²) in [6, 6.07) is -0.0449. The van der Waals surface area contributed by atoms with Crippen LogP contribution in [0.5, 0.6) is 0 Å². The van der Waals surface area contributed by atoms with Crippen LogP contribution in [0.4, 0.5) is 0 Å². The summed E-state index contributed by atoms with van der Waals surface area (Å²) in [5, 5.41) is 11.6. The lowest BCUT2D eigenvalue weighted by atomic mass is 9.93. The fourth-order valence-electron chi connectivity index (χ4n) is 4.66. The molecule has 9 heteroatoms. The van der Waals surface area contributed by atoms with Gasteiger partial charge in [0.1, 0.15) is 26.2 Å². The Balaban J connectivity index is 1.88. The molecule has 1 saturated heterocycles. The third-order valence-electron chi connectivity index (χ3n) is 6.64. The van der Waals surface area contributed by atoms with Gasteiger partial charge in [-0.1, -0.05) is 64.2 Å². The molecule has 8 nitrogen and oxygen atoms in total. The van der Waals surface area contributed by atoms with Crippen LogP contribution in [-0.2, 0) is 28.5 Å². The molecule has 1 fully saturated rings. The molecule has 1 unspecified atom stereocenters. The number of unbranched alkanes of at least 4 members (excludes halogenated alkanes) is 11. The van der Waals surface area contributed by atoms with E-state index in [0.29, 0.717) is 32.6 Å². The average Bonchev–Trinajstić information content (AvgIpc) is 3.12. The van der Waals surface area contributed by atoms with Crippen LogP contribution in [0.15, 0.2) is 0 Å². The first kappa shape index (κ1) is 31.9. The van der Waals surface area contributed by atoms with E-state index < -0.39 is 5.97 Å². The van der Waals surface area contributed by atoms with Gasteiger partial charge in [-0.2, -0.15) is 0 Å². The molecule has 0 aromatic carbocycles. The molecule has 0 aliphatic carbocycles. The highest BCUT2D eigenvalue weighted by Gasteiger charge is 2.43. The van der Waals surface area contributed by atoms with Gasteiger partial charge < -0.3 is 29.4 Å². The number of hydrogen-bond acceptors (Lipinski definition) is 6. The van der Waals surface area contributed by atoms with Crippen LogP contribution in [0.3, 0.4) is 0 Å². The predicted octanol–water partition coefficient (Wildman–Crippen LogP) is 3.44. The zero-order valence-electron chi connectivity index (χ0n) is 22.4. The Bertz CT molecular complexity index is 552. The van der Waals surface area contributed by atoms with E-state index in [1.165, 1.54) is 44.9 Å². The first-order valence-corrected chi connectivity index (χ1v) is 13.8. The summed E-state index contributed by atoms with van der Waals surface area (Å²) in [6.07, 6.45) is 15.1. The second-order valence-electron chi connectivity index (χ2n) is 9.71. The lowest BCUT2D eigenvalue weighted by Gasteiger charge is -2.22. The number of amides is 1. The minimum atomic E-state index is -0.685. The highest BCUT2D eigenvalue weighted by atomic mass is 16.6. The number of hydrogen-bond donors (Lipinski definition) is 2. The molecule has 0 saturated carbocycles. The molecule has 1 aliphatic rings. The third kappa shape index (κ3) is 15.5. The number of carbonyl (C=O) groups excluding carboxylic acids is 1. The smallest absolute Gasteiger partial charge is 0.303 e. The Morgan fingerprint density at radius 2 is 1.37 bits per heavy atom. The Kier molecular flexibility index (Phi) is 19.1. The normalized spacial score (nSPS) is 21.9. The van der Waals surface area contributed by atoms with Gasteiger partial charge in [-0.15, -0.1) is 0 Å². The average molecular weight is 499 g/mol. The lowest BCUT2D eigenvalue weighted by molar-refractivity contribution is -0.137. The van der Waals surface area contributed by atoms with E-state index in [1.54, 1.807) is 14.2 Å². The Morgan fingerprint density at radius 3 is 1.89 bits per heavy atom. The molecule has 4 atom stereocenters. The summed E-state index contributed by atoms with van der Waals surface area (Å²) in [6.45, 7) is 1.67. The number of ether oxygens (including phenoxy) is 4. The zero-order valence-corrected chi connectivity index (χ0v) is 22.4. The van der Waals surface area contributed by atoms with Crippen molar-refractivity contribution in [2.24, 2.45) is 0 Å². The number of carbonyl (C=O) groups is 2. The molecule has 1 heterocycles. The number of nitrogens with one attached hydrogen (secondary N) is 1. The summed E-state index contributed by atoms with van der Waals surface area (Å²) >= 11 is 0. The standard InChI is InChI=1S/C26H50BNO7/c1-32-20-21-24(33-2)25(26(27)35-21)34-19-15-18-28-22(29)16-13-11-9-7-5-3-4-6-8-10-12-14-17-23(30)31/h21,24-26H,3-20,27H2,1-2H3,(H,28,29)(H,30,31)/t21-,24+,25?,26-/m1/s1. The van der Waals surface area contributed by atoms with E-state index in [9.17, 15) is 9.59 Å². The van der Waals surface area contributed by atoms with Gasteiger partial charge in [-0.25, -0.2) is 0 Å². The van der Waals surface area contributed by atoms with E-state index in [1.807, 2.05) is 7.85 Å². The molecule has 204 valence electrons. The van der Waals surface area contributed by atoms with E-state index in [4.69, 9.17) is 24.1 Å². The van der Waals surface area contributed by atoms with E-state index in [2.05, 4.69) is 5.32 Å². The van der Waals surface area contributed by atoms with E-state index in [-0.39, 0.29) is 30.2 Å². The zero-order chi connectivity index (χ0) is 25.7. The Labute approximate surface area is 213 Å². The summed E-state index contributed by atoms with van der Waals surface area (Å²) < 4.78 is 22.6. The van der Waals surface area contributed by atoms with Crippen LogP contribution in [0.25, 0.3) is 0 Å². The molecule has 1 aliphatic heterocycles. The highest BCUT2D eigenvalue weighted by molar-refractivity contribution is 6.11. The van der Waals surface area contributed by atoms with E-state index in [0.717, 1.165) is 38.5 Å². The van der Waals surface area contributed by atoms with Gasteiger partial charge in [0, 0.05) is 40.2 Å². The molecular formula is C26H50BNO7. The maximum absolute atomic E-state index is 12.0. The number of rotatable bonds is 23. The van der Waals surface area contributed by atoms with Crippen LogP contribution in [0.2, 0.25) is 0 Å². The SMILES string of the molecule is B[C@@H]1O[C@H](COC)[C@H](OC)C1OCCCNC(=O)CCCCCCCCCCCCCCC(=O)O. The fourth-order valence-corrected chi connectivity index (χ4v) is 4.66. The molecule has 1 rings (SSSR count). The lowest BCUT2D eigenvalue weighted by Crippen LogP contribution is -2.39. The van der Waals surface area contributed by atoms with Crippen LogP contribution in [0.1, 0.15) is 96.3 Å². The summed E-state index contributed by atoms with van der Waals surface area (Å²) in [5.41, 5.74) is 0. The quantitative estimate of drug-likeness (QED) is 0.164. The largest absolute Gasteiger partial charge is 0.481 e. The molecular weight excluding hydrogens is 449 g/mol. The van der Waals surface area contributed by atoms with Gasteiger partial charge in [0.2, 0.25) is 5.91 Å². The molecule has 0 bridgehead atoms. The number of aliphatic carboxylic acids is 1. The second kappa shape index (κ2) is 21.0. The van der Waals surface area contributed by atoms with Gasteiger partial charge in [0.15, 0.2) is 0 Å². The summed E-state index contributed by atoms with van der Waals surface area (Å²) in [5.74, 6) is -0.559. The first-order valence-electron chi connectivity index (χ1n) is 13.8. The van der Waals surface area contributed by atoms with Gasteiger partial charge in [0.25, 0.3) is 0 Å². The molecule has 0 aromatic rings. The topological polar surface area (TPSA) is 103 Å². The van der Waals surface area contributed by atoms with Crippen LogP contribution < -0.4 is 5.32 Å². The van der Waals surface area contributed by atoms with E-state index >= 15 is 0 Å². The third-order valence-corrected chi connectivity index (χ3v) is 6.64. The monoisotopic (exact) mass is 499 g/mol. The van der Waals surface area contributed by atoms with Gasteiger partial charge >= 0.3 is 5.97 Å². The number of methoxy groups -OCH3 is 2.